The van der Waals surface area contributed by atoms with Crippen molar-refractivity contribution in [1.29, 1.82) is 5.26 Å². The van der Waals surface area contributed by atoms with Gasteiger partial charge in [-0.1, -0.05) is 19.1 Å². The summed E-state index contributed by atoms with van der Waals surface area (Å²) in [5.41, 5.74) is 2.74. The molecule has 8 heteroatoms. The van der Waals surface area contributed by atoms with Crippen LogP contribution in [0.3, 0.4) is 0 Å². The molecule has 1 heterocycles. The minimum atomic E-state index is -1.27. The number of carbonyl (C=O) groups excluding carboxylic acids is 1. The first-order valence-electron chi connectivity index (χ1n) is 10.4. The smallest absolute Gasteiger partial charge is 0.209 e. The van der Waals surface area contributed by atoms with Crippen molar-refractivity contribution >= 4 is 28.8 Å². The predicted octanol–water partition coefficient (Wildman–Crippen LogP) is 3.81. The molecular formula is C23H27FN4O2S. The highest BCUT2D eigenvalue weighted by Crippen LogP contribution is 2.27. The van der Waals surface area contributed by atoms with Crippen LogP contribution < -0.4 is 9.62 Å². The van der Waals surface area contributed by atoms with Gasteiger partial charge in [0.25, 0.3) is 0 Å². The molecule has 0 bridgehead atoms. The molecule has 1 amide bonds. The van der Waals surface area contributed by atoms with Crippen LogP contribution in [0.4, 0.5) is 15.8 Å². The molecule has 6 nitrogen and oxygen atoms in total. The zero-order chi connectivity index (χ0) is 22.2. The second kappa shape index (κ2) is 10.9. The van der Waals surface area contributed by atoms with E-state index in [9.17, 15) is 18.7 Å². The number of nitriles is 1. The topological polar surface area (TPSA) is 76.4 Å². The third-order valence-corrected chi connectivity index (χ3v) is 6.90. The normalized spacial score (nSPS) is 15.2. The summed E-state index contributed by atoms with van der Waals surface area (Å²) in [4.78, 5) is 12.6. The lowest BCUT2D eigenvalue weighted by atomic mass is 10.0. The van der Waals surface area contributed by atoms with Gasteiger partial charge in [-0.15, -0.1) is 0 Å². The maximum Gasteiger partial charge on any atom is 0.209 e. The summed E-state index contributed by atoms with van der Waals surface area (Å²) < 4.78 is 27.9. The molecule has 0 saturated carbocycles. The first-order chi connectivity index (χ1) is 15.0. The Morgan fingerprint density at radius 2 is 1.97 bits per heavy atom. The monoisotopic (exact) mass is 442 g/mol. The molecule has 0 aliphatic carbocycles. The van der Waals surface area contributed by atoms with Crippen LogP contribution in [0.5, 0.6) is 0 Å². The molecule has 0 spiro atoms. The highest BCUT2D eigenvalue weighted by molar-refractivity contribution is 7.86. The zero-order valence-electron chi connectivity index (χ0n) is 17.6. The van der Waals surface area contributed by atoms with E-state index in [2.05, 4.69) is 11.4 Å². The number of halogens is 1. The largest absolute Gasteiger partial charge is 0.381 e. The summed E-state index contributed by atoms with van der Waals surface area (Å²) in [6, 6.07) is 14.0. The third kappa shape index (κ3) is 6.05. The van der Waals surface area contributed by atoms with Crippen molar-refractivity contribution in [3.8, 4) is 6.07 Å². The second-order valence-electron chi connectivity index (χ2n) is 7.59. The van der Waals surface area contributed by atoms with E-state index in [1.54, 1.807) is 27.4 Å². The number of likely N-dealkylation sites (tertiary alicyclic amines) is 1. The van der Waals surface area contributed by atoms with E-state index in [1.807, 2.05) is 19.1 Å². The molecule has 1 fully saturated rings. The quantitative estimate of drug-likeness (QED) is 0.599. The maximum absolute atomic E-state index is 13.3. The average molecular weight is 443 g/mol. The van der Waals surface area contributed by atoms with E-state index >= 15 is 0 Å². The van der Waals surface area contributed by atoms with Crippen molar-refractivity contribution < 1.29 is 13.4 Å². The van der Waals surface area contributed by atoms with Crippen molar-refractivity contribution in [2.45, 2.75) is 38.8 Å². The van der Waals surface area contributed by atoms with Crippen molar-refractivity contribution in [3.05, 3.63) is 59.4 Å². The second-order valence-corrected chi connectivity index (χ2v) is 9.08. The number of hydrogen-bond acceptors (Lipinski definition) is 4. The Hall–Kier alpha value is -2.92. The summed E-state index contributed by atoms with van der Waals surface area (Å²) in [5, 5.41) is 13.1. The average Bonchev–Trinajstić information content (AvgIpc) is 2.79. The lowest BCUT2D eigenvalue weighted by Gasteiger charge is -2.31. The van der Waals surface area contributed by atoms with Crippen LogP contribution >= 0.6 is 0 Å². The predicted molar refractivity (Wildman–Crippen MR) is 121 cm³/mol. The van der Waals surface area contributed by atoms with Gasteiger partial charge in [0.1, 0.15) is 22.9 Å². The number of anilines is 2. The molecule has 2 aromatic rings. The van der Waals surface area contributed by atoms with E-state index in [4.69, 9.17) is 0 Å². The van der Waals surface area contributed by atoms with Crippen LogP contribution in [0.25, 0.3) is 0 Å². The Morgan fingerprint density at radius 3 is 2.58 bits per heavy atom. The molecule has 1 aliphatic rings. The van der Waals surface area contributed by atoms with Gasteiger partial charge >= 0.3 is 0 Å². The molecule has 0 aromatic heterocycles. The molecule has 164 valence electrons. The third-order valence-electron chi connectivity index (χ3n) is 5.31. The van der Waals surface area contributed by atoms with Crippen molar-refractivity contribution in [3.63, 3.8) is 0 Å². The van der Waals surface area contributed by atoms with Gasteiger partial charge in [-0.3, -0.25) is 9.10 Å². The molecular weight excluding hydrogens is 415 g/mol. The van der Waals surface area contributed by atoms with Gasteiger partial charge in [-0.2, -0.15) is 5.26 Å². The molecule has 0 radical (unpaired) electrons. The number of nitrogens with one attached hydrogen (secondary N) is 1. The van der Waals surface area contributed by atoms with Gasteiger partial charge in [0.05, 0.1) is 23.5 Å². The van der Waals surface area contributed by atoms with Gasteiger partial charge in [0, 0.05) is 24.9 Å². The van der Waals surface area contributed by atoms with Gasteiger partial charge < -0.3 is 10.2 Å². The van der Waals surface area contributed by atoms with E-state index < -0.39 is 11.0 Å². The number of nitrogens with zero attached hydrogens (tertiary/aromatic N) is 3. The van der Waals surface area contributed by atoms with Gasteiger partial charge in [-0.05, 0) is 55.2 Å². The van der Waals surface area contributed by atoms with Crippen molar-refractivity contribution in [2.24, 2.45) is 0 Å². The minimum Gasteiger partial charge on any atom is -0.381 e. The van der Waals surface area contributed by atoms with Crippen LogP contribution in [0, 0.1) is 17.1 Å². The minimum absolute atomic E-state index is 0.193. The van der Waals surface area contributed by atoms with Crippen LogP contribution in [0.1, 0.15) is 37.3 Å². The fourth-order valence-electron chi connectivity index (χ4n) is 3.60. The first-order valence-corrected chi connectivity index (χ1v) is 11.7. The number of amides is 1. The van der Waals surface area contributed by atoms with Crippen LogP contribution in [0.2, 0.25) is 0 Å². The fourth-order valence-corrected chi connectivity index (χ4v) is 4.81. The Kier molecular flexibility index (Phi) is 8.01. The first kappa shape index (κ1) is 22.8. The van der Waals surface area contributed by atoms with Gasteiger partial charge in [0.15, 0.2) is 0 Å². The van der Waals surface area contributed by atoms with Crippen LogP contribution in [0.15, 0.2) is 42.5 Å². The SMILES string of the molecule is CCCS(=O)N(Cc1ccc(F)cc1)c1ccc(NC2CCN(C=O)CC2)c(C#N)c1. The van der Waals surface area contributed by atoms with Crippen LogP contribution in [-0.4, -0.2) is 40.4 Å². The molecule has 1 unspecified atom stereocenters. The summed E-state index contributed by atoms with van der Waals surface area (Å²) in [7, 11) is -1.27. The summed E-state index contributed by atoms with van der Waals surface area (Å²) in [6.45, 7) is 3.72. The summed E-state index contributed by atoms with van der Waals surface area (Å²) >= 11 is 0. The maximum atomic E-state index is 13.3. The van der Waals surface area contributed by atoms with Crippen molar-refractivity contribution in [2.75, 3.05) is 28.5 Å². The molecule has 1 N–H and O–H groups in total. The Morgan fingerprint density at radius 1 is 1.26 bits per heavy atom. The molecule has 1 atom stereocenters. The van der Waals surface area contributed by atoms with Gasteiger partial charge in [-0.25, -0.2) is 8.60 Å². The number of carbonyl (C=O) groups is 1. The van der Waals surface area contributed by atoms with Crippen LogP contribution in [-0.2, 0) is 22.3 Å². The summed E-state index contributed by atoms with van der Waals surface area (Å²) in [5.74, 6) is 0.185. The van der Waals surface area contributed by atoms with E-state index in [0.717, 1.165) is 36.9 Å². The van der Waals surface area contributed by atoms with E-state index in [1.165, 1.54) is 12.1 Å². The lowest BCUT2D eigenvalue weighted by Crippen LogP contribution is -2.38. The highest BCUT2D eigenvalue weighted by atomic mass is 32.2. The molecule has 1 saturated heterocycles. The van der Waals surface area contributed by atoms with Gasteiger partial charge in [0.2, 0.25) is 6.41 Å². The highest BCUT2D eigenvalue weighted by Gasteiger charge is 2.20. The molecule has 2 aromatic carbocycles. The van der Waals surface area contributed by atoms with E-state index in [-0.39, 0.29) is 11.9 Å². The number of benzene rings is 2. The number of hydrogen-bond donors (Lipinski definition) is 1. The lowest BCUT2D eigenvalue weighted by molar-refractivity contribution is -0.118. The summed E-state index contributed by atoms with van der Waals surface area (Å²) in [6.07, 6.45) is 3.28. The Labute approximate surface area is 185 Å². The van der Waals surface area contributed by atoms with Crippen molar-refractivity contribution in [1.82, 2.24) is 4.90 Å². The Bertz CT molecular complexity index is 953. The number of rotatable bonds is 9. The molecule has 31 heavy (non-hydrogen) atoms. The number of piperidine rings is 1. The molecule has 1 aliphatic heterocycles. The molecule has 3 rings (SSSR count). The zero-order valence-corrected chi connectivity index (χ0v) is 18.4. The fraction of sp³-hybridized carbons (Fsp3) is 0.391. The standard InChI is InChI=1S/C23H27FN4O2S/c1-2-13-31(30)28(16-18-3-5-20(24)6-4-18)22-7-8-23(19(14-22)15-25)26-21-9-11-27(17-29)12-10-21/h3-8,14,17,21,26H,2,9-13,16H2,1H3. The Balaban J connectivity index is 1.80. The van der Waals surface area contributed by atoms with E-state index in [0.29, 0.717) is 36.6 Å².